The minimum atomic E-state index is -0.721. The van der Waals surface area contributed by atoms with Crippen LogP contribution in [0.5, 0.6) is 0 Å². The molecule has 2 saturated heterocycles. The summed E-state index contributed by atoms with van der Waals surface area (Å²) in [6.45, 7) is 2.13. The highest BCUT2D eigenvalue weighted by molar-refractivity contribution is 7.99. The predicted octanol–water partition coefficient (Wildman–Crippen LogP) is 2.58. The maximum Gasteiger partial charge on any atom is 0.325 e. The number of amides is 3. The largest absolute Gasteiger partial charge is 0.359 e. The molecule has 1 aromatic heterocycles. The van der Waals surface area contributed by atoms with Gasteiger partial charge in [-0.2, -0.15) is 11.8 Å². The molecule has 1 atom stereocenters. The first kappa shape index (κ1) is 15.3. The van der Waals surface area contributed by atoms with Crippen molar-refractivity contribution in [1.82, 2.24) is 15.4 Å². The van der Waals surface area contributed by atoms with Crippen LogP contribution in [0.3, 0.4) is 0 Å². The van der Waals surface area contributed by atoms with Crippen LogP contribution in [0.25, 0.3) is 11.3 Å². The van der Waals surface area contributed by atoms with Gasteiger partial charge in [0.2, 0.25) is 0 Å². The Morgan fingerprint density at radius 3 is 2.83 bits per heavy atom. The number of thioether (sulfide) groups is 1. The number of imide groups is 1. The van der Waals surface area contributed by atoms with E-state index in [1.165, 1.54) is 10.5 Å². The molecular formula is C17H17N3O3S. The molecule has 1 spiro atoms. The van der Waals surface area contributed by atoms with Crippen LogP contribution in [0, 0.1) is 6.92 Å². The number of nitrogens with zero attached hydrogens (tertiary/aromatic N) is 2. The van der Waals surface area contributed by atoms with E-state index in [9.17, 15) is 9.59 Å². The second kappa shape index (κ2) is 5.66. The number of benzene rings is 1. The van der Waals surface area contributed by atoms with E-state index >= 15 is 0 Å². The minimum absolute atomic E-state index is 0.107. The number of hydrogen-bond acceptors (Lipinski definition) is 5. The van der Waals surface area contributed by atoms with Gasteiger partial charge < -0.3 is 9.84 Å². The molecule has 1 aromatic carbocycles. The van der Waals surface area contributed by atoms with Crippen LogP contribution >= 0.6 is 11.8 Å². The lowest BCUT2D eigenvalue weighted by Gasteiger charge is -2.18. The van der Waals surface area contributed by atoms with Crippen LogP contribution in [0.1, 0.15) is 17.7 Å². The molecule has 2 aliphatic heterocycles. The normalized spacial score (nSPS) is 23.3. The summed E-state index contributed by atoms with van der Waals surface area (Å²) in [4.78, 5) is 26.0. The van der Waals surface area contributed by atoms with Crippen molar-refractivity contribution >= 4 is 23.7 Å². The summed E-state index contributed by atoms with van der Waals surface area (Å²) in [5, 5.41) is 6.90. The zero-order valence-electron chi connectivity index (χ0n) is 13.2. The highest BCUT2D eigenvalue weighted by Crippen LogP contribution is 2.34. The van der Waals surface area contributed by atoms with Crippen molar-refractivity contribution in [3.8, 4) is 11.3 Å². The summed E-state index contributed by atoms with van der Waals surface area (Å²) < 4.78 is 5.33. The number of nitrogens with one attached hydrogen (secondary N) is 1. The van der Waals surface area contributed by atoms with Crippen LogP contribution in [-0.4, -0.2) is 39.0 Å². The fourth-order valence-electron chi connectivity index (χ4n) is 3.06. The summed E-state index contributed by atoms with van der Waals surface area (Å²) >= 11 is 1.69. The Bertz CT molecular complexity index is 794. The first-order valence-corrected chi connectivity index (χ1v) is 8.97. The van der Waals surface area contributed by atoms with Gasteiger partial charge in [0.25, 0.3) is 5.91 Å². The summed E-state index contributed by atoms with van der Waals surface area (Å²) in [5.41, 5.74) is 2.09. The topological polar surface area (TPSA) is 75.4 Å². The molecule has 2 aliphatic rings. The average Bonchev–Trinajstić information content (AvgIpc) is 3.27. The zero-order chi connectivity index (χ0) is 16.7. The van der Waals surface area contributed by atoms with Gasteiger partial charge in [-0.3, -0.25) is 9.69 Å². The molecule has 1 unspecified atom stereocenters. The quantitative estimate of drug-likeness (QED) is 0.867. The lowest BCUT2D eigenvalue weighted by molar-refractivity contribution is -0.131. The Balaban J connectivity index is 1.53. The fourth-order valence-corrected chi connectivity index (χ4v) is 4.38. The molecule has 24 heavy (non-hydrogen) atoms. The molecule has 1 N–H and O–H groups in total. The zero-order valence-corrected chi connectivity index (χ0v) is 14.1. The van der Waals surface area contributed by atoms with Crippen molar-refractivity contribution in [2.24, 2.45) is 0 Å². The van der Waals surface area contributed by atoms with Crippen molar-refractivity contribution in [2.75, 3.05) is 11.5 Å². The van der Waals surface area contributed by atoms with Gasteiger partial charge in [0.05, 0.1) is 6.54 Å². The summed E-state index contributed by atoms with van der Waals surface area (Å²) in [6, 6.07) is 9.37. The lowest BCUT2D eigenvalue weighted by Crippen LogP contribution is -2.46. The molecule has 3 amide bonds. The van der Waals surface area contributed by atoms with Gasteiger partial charge in [-0.1, -0.05) is 35.0 Å². The highest BCUT2D eigenvalue weighted by atomic mass is 32.2. The van der Waals surface area contributed by atoms with Crippen molar-refractivity contribution < 1.29 is 14.1 Å². The first-order chi connectivity index (χ1) is 11.6. The van der Waals surface area contributed by atoms with Gasteiger partial charge in [0.15, 0.2) is 5.76 Å². The summed E-state index contributed by atoms with van der Waals surface area (Å²) in [6.07, 6.45) is 0.684. The van der Waals surface area contributed by atoms with Crippen LogP contribution in [0.2, 0.25) is 0 Å². The molecule has 0 radical (unpaired) electrons. The molecule has 2 aromatic rings. The standard InChI is InChI=1S/C17H17N3O3S/c1-11-2-4-12(5-3-11)14-8-13(23-19-14)9-20-15(21)17(18-16(20)22)6-7-24-10-17/h2-5,8H,6-7,9-10H2,1H3,(H,18,22). The van der Waals surface area contributed by atoms with E-state index in [2.05, 4.69) is 10.5 Å². The summed E-state index contributed by atoms with van der Waals surface area (Å²) in [5.74, 6) is 1.86. The molecule has 7 heteroatoms. The average molecular weight is 343 g/mol. The van der Waals surface area contributed by atoms with E-state index in [-0.39, 0.29) is 18.5 Å². The Labute approximate surface area is 143 Å². The molecule has 3 heterocycles. The van der Waals surface area contributed by atoms with Gasteiger partial charge >= 0.3 is 6.03 Å². The Kier molecular flexibility index (Phi) is 3.60. The lowest BCUT2D eigenvalue weighted by atomic mass is 9.99. The molecule has 124 valence electrons. The Hall–Kier alpha value is -2.28. The van der Waals surface area contributed by atoms with Gasteiger partial charge in [0, 0.05) is 17.4 Å². The maximum absolute atomic E-state index is 12.6. The smallest absolute Gasteiger partial charge is 0.325 e. The van der Waals surface area contributed by atoms with Crippen LogP contribution in [0.15, 0.2) is 34.9 Å². The molecular weight excluding hydrogens is 326 g/mol. The third-order valence-electron chi connectivity index (χ3n) is 4.49. The predicted molar refractivity (Wildman–Crippen MR) is 90.4 cm³/mol. The third-order valence-corrected chi connectivity index (χ3v) is 5.68. The van der Waals surface area contributed by atoms with Crippen molar-refractivity contribution in [3.63, 3.8) is 0 Å². The second-order valence-electron chi connectivity index (χ2n) is 6.25. The number of aryl methyl sites for hydroxylation is 1. The maximum atomic E-state index is 12.6. The number of carbonyl (C=O) groups is 2. The van der Waals surface area contributed by atoms with Crippen LogP contribution in [-0.2, 0) is 11.3 Å². The van der Waals surface area contributed by atoms with Gasteiger partial charge in [-0.15, -0.1) is 0 Å². The highest BCUT2D eigenvalue weighted by Gasteiger charge is 2.53. The van der Waals surface area contributed by atoms with E-state index < -0.39 is 5.54 Å². The van der Waals surface area contributed by atoms with E-state index in [0.717, 1.165) is 11.3 Å². The number of aromatic nitrogens is 1. The Morgan fingerprint density at radius 2 is 2.12 bits per heavy atom. The number of hydrogen-bond donors (Lipinski definition) is 1. The first-order valence-electron chi connectivity index (χ1n) is 7.82. The van der Waals surface area contributed by atoms with Gasteiger partial charge in [-0.05, 0) is 19.1 Å². The van der Waals surface area contributed by atoms with Crippen LogP contribution < -0.4 is 5.32 Å². The second-order valence-corrected chi connectivity index (χ2v) is 7.36. The SMILES string of the molecule is Cc1ccc(-c2cc(CN3C(=O)NC4(CCSC4)C3=O)on2)cc1. The van der Waals surface area contributed by atoms with Crippen molar-refractivity contribution in [2.45, 2.75) is 25.4 Å². The fraction of sp³-hybridized carbons (Fsp3) is 0.353. The minimum Gasteiger partial charge on any atom is -0.359 e. The number of carbonyl (C=O) groups excluding carboxylic acids is 2. The molecule has 6 nitrogen and oxygen atoms in total. The number of rotatable bonds is 3. The monoisotopic (exact) mass is 343 g/mol. The van der Waals surface area contributed by atoms with Gasteiger partial charge in [0.1, 0.15) is 11.2 Å². The van der Waals surface area contributed by atoms with Crippen LogP contribution in [0.4, 0.5) is 4.79 Å². The molecule has 0 saturated carbocycles. The van der Waals surface area contributed by atoms with E-state index in [1.807, 2.05) is 31.2 Å². The molecule has 2 fully saturated rings. The number of urea groups is 1. The van der Waals surface area contributed by atoms with E-state index in [0.29, 0.717) is 23.6 Å². The molecule has 0 aliphatic carbocycles. The molecule has 0 bridgehead atoms. The summed E-state index contributed by atoms with van der Waals surface area (Å²) in [7, 11) is 0. The molecule has 4 rings (SSSR count). The van der Waals surface area contributed by atoms with E-state index in [4.69, 9.17) is 4.52 Å². The van der Waals surface area contributed by atoms with E-state index in [1.54, 1.807) is 17.8 Å². The van der Waals surface area contributed by atoms with Gasteiger partial charge in [-0.25, -0.2) is 4.79 Å². The van der Waals surface area contributed by atoms with Crippen molar-refractivity contribution in [3.05, 3.63) is 41.7 Å². The Morgan fingerprint density at radius 1 is 1.33 bits per heavy atom. The third kappa shape index (κ3) is 2.49. The van der Waals surface area contributed by atoms with Crippen molar-refractivity contribution in [1.29, 1.82) is 0 Å².